The zero-order valence-corrected chi connectivity index (χ0v) is 10.3. The second-order valence-electron chi connectivity index (χ2n) is 3.71. The molecule has 0 aliphatic rings. The zero-order valence-electron chi connectivity index (χ0n) is 9.49. The van der Waals surface area contributed by atoms with Crippen LogP contribution >= 0.6 is 11.3 Å². The van der Waals surface area contributed by atoms with Crippen LogP contribution in [0.25, 0.3) is 23.1 Å². The largest absolute Gasteiger partial charge is 0.390 e. The summed E-state index contributed by atoms with van der Waals surface area (Å²) in [6, 6.07) is 1.84. The molecule has 0 aromatic carbocycles. The van der Waals surface area contributed by atoms with Gasteiger partial charge in [-0.3, -0.25) is 0 Å². The standard InChI is InChI=1S/C11H9N5OS/c1-6-4-13-9(14-5-6)10-15-11(17-16-10)7-2-3-18-8(7)12/h2-5H,12H2,1H3. The summed E-state index contributed by atoms with van der Waals surface area (Å²) in [5.41, 5.74) is 7.52. The number of aryl methyl sites for hydroxylation is 1. The number of nitrogen functional groups attached to an aromatic ring is 1. The van der Waals surface area contributed by atoms with Crippen molar-refractivity contribution in [2.45, 2.75) is 6.92 Å². The molecule has 0 atom stereocenters. The molecule has 3 heterocycles. The van der Waals surface area contributed by atoms with Gasteiger partial charge in [0.15, 0.2) is 0 Å². The van der Waals surface area contributed by atoms with Crippen LogP contribution in [0.4, 0.5) is 5.00 Å². The Balaban J connectivity index is 1.99. The molecule has 0 spiro atoms. The highest BCUT2D eigenvalue weighted by molar-refractivity contribution is 7.14. The minimum absolute atomic E-state index is 0.357. The van der Waals surface area contributed by atoms with Gasteiger partial charge in [-0.15, -0.1) is 11.3 Å². The fourth-order valence-electron chi connectivity index (χ4n) is 1.43. The van der Waals surface area contributed by atoms with Crippen LogP contribution in [0.1, 0.15) is 5.56 Å². The van der Waals surface area contributed by atoms with E-state index < -0.39 is 0 Å². The number of hydrogen-bond acceptors (Lipinski definition) is 7. The normalized spacial score (nSPS) is 10.7. The van der Waals surface area contributed by atoms with E-state index in [1.165, 1.54) is 11.3 Å². The lowest BCUT2D eigenvalue weighted by Crippen LogP contribution is -1.91. The molecule has 0 saturated heterocycles. The summed E-state index contributed by atoms with van der Waals surface area (Å²) < 4.78 is 5.16. The second kappa shape index (κ2) is 4.19. The van der Waals surface area contributed by atoms with Crippen molar-refractivity contribution in [2.75, 3.05) is 5.73 Å². The van der Waals surface area contributed by atoms with Crippen molar-refractivity contribution >= 4 is 16.3 Å². The van der Waals surface area contributed by atoms with Gasteiger partial charge in [0.25, 0.3) is 5.89 Å². The average molecular weight is 259 g/mol. The highest BCUT2D eigenvalue weighted by Gasteiger charge is 2.15. The zero-order chi connectivity index (χ0) is 12.5. The summed E-state index contributed by atoms with van der Waals surface area (Å²) in [5.74, 6) is 1.17. The minimum Gasteiger partial charge on any atom is -0.390 e. The highest BCUT2D eigenvalue weighted by atomic mass is 32.1. The van der Waals surface area contributed by atoms with Crippen LogP contribution in [0.5, 0.6) is 0 Å². The van der Waals surface area contributed by atoms with Gasteiger partial charge in [-0.25, -0.2) is 9.97 Å². The van der Waals surface area contributed by atoms with Crippen LogP contribution in [0.15, 0.2) is 28.4 Å². The predicted molar refractivity (Wildman–Crippen MR) is 67.8 cm³/mol. The quantitative estimate of drug-likeness (QED) is 0.758. The number of aromatic nitrogens is 4. The van der Waals surface area contributed by atoms with Gasteiger partial charge in [0, 0.05) is 12.4 Å². The van der Waals surface area contributed by atoms with E-state index in [2.05, 4.69) is 20.1 Å². The van der Waals surface area contributed by atoms with E-state index in [-0.39, 0.29) is 0 Å². The molecule has 7 heteroatoms. The Hall–Kier alpha value is -2.28. The molecular weight excluding hydrogens is 250 g/mol. The van der Waals surface area contributed by atoms with Crippen LogP contribution in [-0.4, -0.2) is 20.1 Å². The van der Waals surface area contributed by atoms with E-state index in [9.17, 15) is 0 Å². The molecule has 0 radical (unpaired) electrons. The van der Waals surface area contributed by atoms with Gasteiger partial charge in [-0.2, -0.15) is 4.98 Å². The molecule has 90 valence electrons. The summed E-state index contributed by atoms with van der Waals surface area (Å²) in [6.45, 7) is 1.91. The van der Waals surface area contributed by atoms with Crippen LogP contribution in [0, 0.1) is 6.92 Å². The van der Waals surface area contributed by atoms with E-state index in [0.717, 1.165) is 11.1 Å². The smallest absolute Gasteiger partial charge is 0.261 e. The molecule has 18 heavy (non-hydrogen) atoms. The fourth-order valence-corrected chi connectivity index (χ4v) is 2.06. The van der Waals surface area contributed by atoms with Gasteiger partial charge >= 0.3 is 0 Å². The van der Waals surface area contributed by atoms with Crippen LogP contribution in [0.3, 0.4) is 0 Å². The maximum Gasteiger partial charge on any atom is 0.261 e. The Morgan fingerprint density at radius 1 is 1.22 bits per heavy atom. The van der Waals surface area contributed by atoms with Gasteiger partial charge in [0.05, 0.1) is 10.6 Å². The predicted octanol–water partition coefficient (Wildman–Crippen LogP) is 2.15. The fraction of sp³-hybridized carbons (Fsp3) is 0.0909. The lowest BCUT2D eigenvalue weighted by molar-refractivity contribution is 0.432. The summed E-state index contributed by atoms with van der Waals surface area (Å²) in [6.07, 6.45) is 3.41. The van der Waals surface area contributed by atoms with Gasteiger partial charge in [0.2, 0.25) is 11.6 Å². The molecule has 3 aromatic rings. The summed E-state index contributed by atoms with van der Waals surface area (Å²) in [7, 11) is 0. The molecule has 0 amide bonds. The van der Waals surface area contributed by atoms with Gasteiger partial charge in [-0.05, 0) is 23.9 Å². The first-order chi connectivity index (χ1) is 8.74. The highest BCUT2D eigenvalue weighted by Crippen LogP contribution is 2.29. The molecule has 0 fully saturated rings. The Labute approximate surface area is 107 Å². The molecular formula is C11H9N5OS. The lowest BCUT2D eigenvalue weighted by atomic mass is 10.3. The van der Waals surface area contributed by atoms with E-state index in [0.29, 0.717) is 22.5 Å². The van der Waals surface area contributed by atoms with E-state index >= 15 is 0 Å². The van der Waals surface area contributed by atoms with Crippen molar-refractivity contribution in [3.63, 3.8) is 0 Å². The van der Waals surface area contributed by atoms with Crippen molar-refractivity contribution in [2.24, 2.45) is 0 Å². The van der Waals surface area contributed by atoms with Crippen LogP contribution in [-0.2, 0) is 0 Å². The van der Waals surface area contributed by atoms with Crippen molar-refractivity contribution in [1.29, 1.82) is 0 Å². The Morgan fingerprint density at radius 2 is 2.00 bits per heavy atom. The molecule has 0 aliphatic heterocycles. The second-order valence-corrected chi connectivity index (χ2v) is 4.65. The number of thiophene rings is 1. The molecule has 0 bridgehead atoms. The number of hydrogen-bond donors (Lipinski definition) is 1. The first kappa shape index (κ1) is 10.8. The third-order valence-corrected chi connectivity index (χ3v) is 3.08. The Bertz CT molecular complexity index is 673. The number of nitrogens with zero attached hydrogens (tertiary/aromatic N) is 4. The molecule has 0 unspecified atom stereocenters. The van der Waals surface area contributed by atoms with Gasteiger partial charge in [-0.1, -0.05) is 5.16 Å². The first-order valence-corrected chi connectivity index (χ1v) is 6.08. The Morgan fingerprint density at radius 3 is 2.67 bits per heavy atom. The minimum atomic E-state index is 0.357. The molecule has 0 saturated carbocycles. The Kier molecular flexibility index (Phi) is 2.52. The van der Waals surface area contributed by atoms with E-state index in [1.807, 2.05) is 18.4 Å². The monoisotopic (exact) mass is 259 g/mol. The average Bonchev–Trinajstić information content (AvgIpc) is 2.98. The summed E-state index contributed by atoms with van der Waals surface area (Å²) >= 11 is 1.43. The molecule has 3 aromatic heterocycles. The molecule has 2 N–H and O–H groups in total. The van der Waals surface area contributed by atoms with Crippen molar-refractivity contribution in [3.05, 3.63) is 29.4 Å². The van der Waals surface area contributed by atoms with Crippen LogP contribution < -0.4 is 5.73 Å². The van der Waals surface area contributed by atoms with Crippen molar-refractivity contribution < 1.29 is 4.52 Å². The first-order valence-electron chi connectivity index (χ1n) is 5.20. The molecule has 3 rings (SSSR count). The topological polar surface area (TPSA) is 90.7 Å². The van der Waals surface area contributed by atoms with Gasteiger partial charge < -0.3 is 10.3 Å². The molecule has 0 aliphatic carbocycles. The van der Waals surface area contributed by atoms with Gasteiger partial charge in [0.1, 0.15) is 0 Å². The van der Waals surface area contributed by atoms with E-state index in [4.69, 9.17) is 10.3 Å². The summed E-state index contributed by atoms with van der Waals surface area (Å²) in [4.78, 5) is 12.5. The van der Waals surface area contributed by atoms with Crippen LogP contribution in [0.2, 0.25) is 0 Å². The van der Waals surface area contributed by atoms with Crippen molar-refractivity contribution in [3.8, 4) is 23.1 Å². The van der Waals surface area contributed by atoms with E-state index in [1.54, 1.807) is 12.4 Å². The third kappa shape index (κ3) is 1.84. The third-order valence-electron chi connectivity index (χ3n) is 2.33. The maximum atomic E-state index is 5.80. The lowest BCUT2D eigenvalue weighted by Gasteiger charge is -1.92. The number of nitrogens with two attached hydrogens (primary N) is 1. The van der Waals surface area contributed by atoms with Crippen molar-refractivity contribution in [1.82, 2.24) is 20.1 Å². The SMILES string of the molecule is Cc1cnc(-c2noc(-c3ccsc3N)n2)nc1. The summed E-state index contributed by atoms with van der Waals surface area (Å²) in [5, 5.41) is 6.37. The number of rotatable bonds is 2. The maximum absolute atomic E-state index is 5.80. The molecule has 6 nitrogen and oxygen atoms in total. The number of anilines is 1.